The van der Waals surface area contributed by atoms with Gasteiger partial charge in [0.15, 0.2) is 0 Å². The Bertz CT molecular complexity index is 444. The number of hydrogen-bond acceptors (Lipinski definition) is 3. The second-order valence-corrected chi connectivity index (χ2v) is 5.55. The molecule has 3 atom stereocenters. The summed E-state index contributed by atoms with van der Waals surface area (Å²) in [7, 11) is 1.67. The molecule has 1 saturated carbocycles. The summed E-state index contributed by atoms with van der Waals surface area (Å²) in [5.74, 6) is 1.65. The Morgan fingerprint density at radius 1 is 1.39 bits per heavy atom. The van der Waals surface area contributed by atoms with Crippen LogP contribution in [0.15, 0.2) is 18.2 Å². The zero-order valence-corrected chi connectivity index (χ0v) is 11.1. The third kappa shape index (κ3) is 1.77. The van der Waals surface area contributed by atoms with Crippen LogP contribution in [0, 0.1) is 5.92 Å². The SMILES string of the molecule is COc1cccc(N2CC3CCC2C3)c1C(C)O. The van der Waals surface area contributed by atoms with Gasteiger partial charge in [-0.05, 0) is 44.2 Å². The average Bonchev–Trinajstić information content (AvgIpc) is 2.99. The van der Waals surface area contributed by atoms with Gasteiger partial charge < -0.3 is 14.7 Å². The number of nitrogens with zero attached hydrogens (tertiary/aromatic N) is 1. The van der Waals surface area contributed by atoms with Gasteiger partial charge in [0, 0.05) is 23.8 Å². The van der Waals surface area contributed by atoms with E-state index in [4.69, 9.17) is 4.74 Å². The van der Waals surface area contributed by atoms with Crippen molar-refractivity contribution in [2.45, 2.75) is 38.3 Å². The van der Waals surface area contributed by atoms with Crippen molar-refractivity contribution in [2.75, 3.05) is 18.6 Å². The van der Waals surface area contributed by atoms with Crippen LogP contribution >= 0.6 is 0 Å². The highest BCUT2D eigenvalue weighted by Crippen LogP contribution is 2.44. The molecule has 1 saturated heterocycles. The Balaban J connectivity index is 2.01. The third-order valence-electron chi connectivity index (χ3n) is 4.40. The first kappa shape index (κ1) is 11.8. The van der Waals surface area contributed by atoms with Crippen LogP contribution in [0.1, 0.15) is 37.9 Å². The van der Waals surface area contributed by atoms with Crippen molar-refractivity contribution in [1.82, 2.24) is 0 Å². The van der Waals surface area contributed by atoms with E-state index in [1.54, 1.807) is 7.11 Å². The number of aliphatic hydroxyl groups excluding tert-OH is 1. The highest BCUT2D eigenvalue weighted by Gasteiger charge is 2.39. The predicted octanol–water partition coefficient (Wildman–Crippen LogP) is 2.74. The molecule has 0 aromatic heterocycles. The zero-order chi connectivity index (χ0) is 12.7. The topological polar surface area (TPSA) is 32.7 Å². The normalized spacial score (nSPS) is 27.6. The average molecular weight is 247 g/mol. The van der Waals surface area contributed by atoms with Crippen molar-refractivity contribution in [3.05, 3.63) is 23.8 Å². The molecular weight excluding hydrogens is 226 g/mol. The molecule has 1 aromatic rings. The molecule has 2 fully saturated rings. The van der Waals surface area contributed by atoms with E-state index in [1.165, 1.54) is 19.3 Å². The van der Waals surface area contributed by atoms with E-state index in [-0.39, 0.29) is 0 Å². The van der Waals surface area contributed by atoms with E-state index in [9.17, 15) is 5.11 Å². The predicted molar refractivity (Wildman–Crippen MR) is 72.1 cm³/mol. The summed E-state index contributed by atoms with van der Waals surface area (Å²) in [6.45, 7) is 2.95. The fourth-order valence-electron chi connectivity index (χ4n) is 3.60. The summed E-state index contributed by atoms with van der Waals surface area (Å²) in [5, 5.41) is 10.0. The Kier molecular flexibility index (Phi) is 2.94. The van der Waals surface area contributed by atoms with Gasteiger partial charge in [0.1, 0.15) is 5.75 Å². The molecule has 1 aromatic carbocycles. The molecule has 0 spiro atoms. The monoisotopic (exact) mass is 247 g/mol. The molecule has 3 heteroatoms. The number of ether oxygens (including phenoxy) is 1. The number of anilines is 1. The molecule has 0 radical (unpaired) electrons. The quantitative estimate of drug-likeness (QED) is 0.891. The van der Waals surface area contributed by atoms with Crippen molar-refractivity contribution >= 4 is 5.69 Å². The minimum atomic E-state index is -0.490. The van der Waals surface area contributed by atoms with Crippen molar-refractivity contribution in [1.29, 1.82) is 0 Å². The van der Waals surface area contributed by atoms with Gasteiger partial charge in [-0.3, -0.25) is 0 Å². The van der Waals surface area contributed by atoms with Crippen LogP contribution in [-0.2, 0) is 0 Å². The maximum atomic E-state index is 10.0. The molecular formula is C15H21NO2. The highest BCUT2D eigenvalue weighted by atomic mass is 16.5. The number of aliphatic hydroxyl groups is 1. The van der Waals surface area contributed by atoms with Crippen LogP contribution in [0.4, 0.5) is 5.69 Å². The van der Waals surface area contributed by atoms with Crippen molar-refractivity contribution in [3.8, 4) is 5.75 Å². The van der Waals surface area contributed by atoms with Crippen LogP contribution in [-0.4, -0.2) is 24.8 Å². The lowest BCUT2D eigenvalue weighted by Gasteiger charge is -2.32. The van der Waals surface area contributed by atoms with Gasteiger partial charge in [0.2, 0.25) is 0 Å². The third-order valence-corrected chi connectivity index (χ3v) is 4.40. The van der Waals surface area contributed by atoms with E-state index in [2.05, 4.69) is 11.0 Å². The molecule has 3 unspecified atom stereocenters. The molecule has 3 rings (SSSR count). The van der Waals surface area contributed by atoms with Gasteiger partial charge in [-0.2, -0.15) is 0 Å². The van der Waals surface area contributed by atoms with Gasteiger partial charge in [-0.25, -0.2) is 0 Å². The maximum absolute atomic E-state index is 10.0. The molecule has 3 nitrogen and oxygen atoms in total. The fraction of sp³-hybridized carbons (Fsp3) is 0.600. The largest absolute Gasteiger partial charge is 0.496 e. The number of benzene rings is 1. The number of methoxy groups -OCH3 is 1. The fourth-order valence-corrected chi connectivity index (χ4v) is 3.60. The van der Waals surface area contributed by atoms with Crippen LogP contribution in [0.25, 0.3) is 0 Å². The van der Waals surface area contributed by atoms with Crippen LogP contribution < -0.4 is 9.64 Å². The van der Waals surface area contributed by atoms with Crippen LogP contribution in [0.2, 0.25) is 0 Å². The van der Waals surface area contributed by atoms with E-state index in [0.717, 1.165) is 29.5 Å². The standard InChI is InChI=1S/C15H21NO2/c1-10(17)15-13(4-3-5-14(15)18-2)16-9-11-6-7-12(16)8-11/h3-5,10-12,17H,6-9H2,1-2H3. The van der Waals surface area contributed by atoms with Crippen molar-refractivity contribution in [3.63, 3.8) is 0 Å². The summed E-state index contributed by atoms with van der Waals surface area (Å²) in [4.78, 5) is 2.47. The number of piperidine rings is 1. The second kappa shape index (κ2) is 4.47. The summed E-state index contributed by atoms with van der Waals surface area (Å²) < 4.78 is 5.40. The Morgan fingerprint density at radius 2 is 2.22 bits per heavy atom. The minimum absolute atomic E-state index is 0.490. The summed E-state index contributed by atoms with van der Waals surface area (Å²) in [5.41, 5.74) is 2.10. The number of rotatable bonds is 3. The van der Waals surface area contributed by atoms with Gasteiger partial charge in [-0.1, -0.05) is 6.07 Å². The Labute approximate surface area is 108 Å². The molecule has 2 aliphatic rings. The lowest BCUT2D eigenvalue weighted by atomic mass is 10.0. The second-order valence-electron chi connectivity index (χ2n) is 5.55. The highest BCUT2D eigenvalue weighted by molar-refractivity contribution is 5.62. The molecule has 1 aliphatic heterocycles. The molecule has 98 valence electrons. The van der Waals surface area contributed by atoms with Gasteiger partial charge >= 0.3 is 0 Å². The number of hydrogen-bond donors (Lipinski definition) is 1. The van der Waals surface area contributed by atoms with Crippen LogP contribution in [0.3, 0.4) is 0 Å². The van der Waals surface area contributed by atoms with E-state index >= 15 is 0 Å². The van der Waals surface area contributed by atoms with E-state index in [1.807, 2.05) is 19.1 Å². The minimum Gasteiger partial charge on any atom is -0.496 e. The Hall–Kier alpha value is -1.22. The first-order chi connectivity index (χ1) is 8.70. The first-order valence-corrected chi connectivity index (χ1v) is 6.82. The zero-order valence-electron chi connectivity index (χ0n) is 11.1. The van der Waals surface area contributed by atoms with Gasteiger partial charge in [-0.15, -0.1) is 0 Å². The molecule has 1 N–H and O–H groups in total. The van der Waals surface area contributed by atoms with Gasteiger partial charge in [0.05, 0.1) is 13.2 Å². The summed E-state index contributed by atoms with van der Waals surface area (Å²) in [6, 6.07) is 6.73. The maximum Gasteiger partial charge on any atom is 0.126 e. The molecule has 18 heavy (non-hydrogen) atoms. The summed E-state index contributed by atoms with van der Waals surface area (Å²) in [6.07, 6.45) is 3.49. The van der Waals surface area contributed by atoms with Crippen molar-refractivity contribution < 1.29 is 9.84 Å². The van der Waals surface area contributed by atoms with E-state index in [0.29, 0.717) is 6.04 Å². The lowest BCUT2D eigenvalue weighted by Crippen LogP contribution is -2.32. The first-order valence-electron chi connectivity index (χ1n) is 6.82. The molecule has 2 bridgehead atoms. The summed E-state index contributed by atoms with van der Waals surface area (Å²) >= 11 is 0. The molecule has 1 aliphatic carbocycles. The van der Waals surface area contributed by atoms with Crippen LogP contribution in [0.5, 0.6) is 5.75 Å². The Morgan fingerprint density at radius 3 is 2.78 bits per heavy atom. The number of fused-ring (bicyclic) bond motifs is 2. The van der Waals surface area contributed by atoms with Gasteiger partial charge in [0.25, 0.3) is 0 Å². The molecule has 0 amide bonds. The van der Waals surface area contributed by atoms with Crippen molar-refractivity contribution in [2.24, 2.45) is 5.92 Å². The van der Waals surface area contributed by atoms with E-state index < -0.39 is 6.10 Å². The smallest absolute Gasteiger partial charge is 0.126 e. The lowest BCUT2D eigenvalue weighted by molar-refractivity contribution is 0.194. The molecule has 1 heterocycles.